The fourth-order valence-electron chi connectivity index (χ4n) is 4.64. The highest BCUT2D eigenvalue weighted by atomic mass is 16.5. The zero-order chi connectivity index (χ0) is 25.0. The first-order chi connectivity index (χ1) is 17.0. The van der Waals surface area contributed by atoms with Gasteiger partial charge in [0.1, 0.15) is 6.04 Å². The lowest BCUT2D eigenvalue weighted by Gasteiger charge is -2.33. The van der Waals surface area contributed by atoms with Crippen LogP contribution in [0.15, 0.2) is 54.6 Å². The molecule has 1 fully saturated rings. The maximum atomic E-state index is 13.7. The first kappa shape index (κ1) is 26.4. The minimum Gasteiger partial charge on any atom is -0.351 e. The standard InChI is InChI=1S/C28H37N3O4/c1-21-16-18-22(19-17-21)26(27(33)29-24-13-7-3-8-14-24)31(20-10-4-9-15-25(32)30-35)28(34)23-11-5-2-6-12-23/h2,5-6,11-12,16-19,24,26,35H,3-4,7-10,13-15,20H2,1H3,(H,29,33)(H,30,32). The zero-order valence-electron chi connectivity index (χ0n) is 20.5. The van der Waals surface area contributed by atoms with Crippen molar-refractivity contribution in [1.82, 2.24) is 15.7 Å². The van der Waals surface area contributed by atoms with E-state index in [1.807, 2.05) is 49.4 Å². The maximum absolute atomic E-state index is 13.7. The Hall–Kier alpha value is -3.19. The van der Waals surface area contributed by atoms with E-state index in [0.717, 1.165) is 36.8 Å². The number of hydrogen-bond donors (Lipinski definition) is 3. The minimum atomic E-state index is -0.744. The van der Waals surface area contributed by atoms with E-state index in [0.29, 0.717) is 31.4 Å². The predicted molar refractivity (Wildman–Crippen MR) is 135 cm³/mol. The van der Waals surface area contributed by atoms with Crippen LogP contribution in [0.2, 0.25) is 0 Å². The van der Waals surface area contributed by atoms with Crippen LogP contribution in [0.1, 0.15) is 85.3 Å². The molecule has 1 unspecified atom stereocenters. The molecular formula is C28H37N3O4. The van der Waals surface area contributed by atoms with Crippen LogP contribution in [-0.2, 0) is 9.59 Å². The van der Waals surface area contributed by atoms with Crippen LogP contribution in [0.4, 0.5) is 0 Å². The van der Waals surface area contributed by atoms with Gasteiger partial charge in [-0.05, 0) is 50.3 Å². The summed E-state index contributed by atoms with van der Waals surface area (Å²) in [5, 5.41) is 11.9. The second kappa shape index (κ2) is 13.6. The number of amides is 3. The summed E-state index contributed by atoms with van der Waals surface area (Å²) in [7, 11) is 0. The molecule has 2 aromatic rings. The van der Waals surface area contributed by atoms with Crippen LogP contribution in [-0.4, -0.2) is 40.4 Å². The minimum absolute atomic E-state index is 0.134. The summed E-state index contributed by atoms with van der Waals surface area (Å²) < 4.78 is 0. The van der Waals surface area contributed by atoms with Gasteiger partial charge in [0.05, 0.1) is 0 Å². The van der Waals surface area contributed by atoms with Crippen molar-refractivity contribution in [1.29, 1.82) is 0 Å². The number of hydrogen-bond acceptors (Lipinski definition) is 4. The Morgan fingerprint density at radius 3 is 2.29 bits per heavy atom. The van der Waals surface area contributed by atoms with Gasteiger partial charge in [0.2, 0.25) is 11.8 Å². The fourth-order valence-corrected chi connectivity index (χ4v) is 4.64. The molecule has 0 saturated heterocycles. The summed E-state index contributed by atoms with van der Waals surface area (Å²) in [4.78, 5) is 40.4. The molecular weight excluding hydrogens is 442 g/mol. The van der Waals surface area contributed by atoms with Crippen LogP contribution >= 0.6 is 0 Å². The highest BCUT2D eigenvalue weighted by molar-refractivity contribution is 5.98. The van der Waals surface area contributed by atoms with Crippen molar-refractivity contribution < 1.29 is 19.6 Å². The van der Waals surface area contributed by atoms with Crippen molar-refractivity contribution >= 4 is 17.7 Å². The number of carbonyl (C=O) groups is 3. The SMILES string of the molecule is Cc1ccc(C(C(=O)NC2CCCCC2)N(CCCCCC(=O)NO)C(=O)c2ccccc2)cc1. The fraction of sp³-hybridized carbons (Fsp3) is 0.464. The third kappa shape index (κ3) is 7.92. The van der Waals surface area contributed by atoms with Gasteiger partial charge in [0.15, 0.2) is 0 Å². The summed E-state index contributed by atoms with van der Waals surface area (Å²) in [6.07, 6.45) is 7.46. The van der Waals surface area contributed by atoms with E-state index in [9.17, 15) is 14.4 Å². The lowest BCUT2D eigenvalue weighted by molar-refractivity contribution is -0.129. The Bertz CT molecular complexity index is 956. The Morgan fingerprint density at radius 1 is 0.943 bits per heavy atom. The number of nitrogens with one attached hydrogen (secondary N) is 2. The maximum Gasteiger partial charge on any atom is 0.254 e. The first-order valence-corrected chi connectivity index (χ1v) is 12.7. The number of nitrogens with zero attached hydrogens (tertiary/aromatic N) is 1. The van der Waals surface area contributed by atoms with Gasteiger partial charge in [-0.3, -0.25) is 19.6 Å². The van der Waals surface area contributed by atoms with E-state index >= 15 is 0 Å². The number of unbranched alkanes of at least 4 members (excludes halogenated alkanes) is 2. The molecule has 35 heavy (non-hydrogen) atoms. The average Bonchev–Trinajstić information content (AvgIpc) is 2.89. The largest absolute Gasteiger partial charge is 0.351 e. The molecule has 1 atom stereocenters. The van der Waals surface area contributed by atoms with Crippen LogP contribution in [0.5, 0.6) is 0 Å². The Kier molecular flexibility index (Phi) is 10.3. The molecule has 7 nitrogen and oxygen atoms in total. The molecule has 0 aromatic heterocycles. The third-order valence-corrected chi connectivity index (χ3v) is 6.61. The predicted octanol–water partition coefficient (Wildman–Crippen LogP) is 4.69. The normalized spacial score (nSPS) is 14.7. The van der Waals surface area contributed by atoms with Gasteiger partial charge in [-0.25, -0.2) is 5.48 Å². The molecule has 1 aliphatic carbocycles. The van der Waals surface area contributed by atoms with Crippen molar-refractivity contribution in [3.63, 3.8) is 0 Å². The second-order valence-corrected chi connectivity index (χ2v) is 9.37. The van der Waals surface area contributed by atoms with E-state index in [2.05, 4.69) is 5.32 Å². The summed E-state index contributed by atoms with van der Waals surface area (Å²) in [5.41, 5.74) is 4.05. The van der Waals surface area contributed by atoms with Crippen molar-refractivity contribution in [2.75, 3.05) is 6.54 Å². The zero-order valence-corrected chi connectivity index (χ0v) is 20.5. The average molecular weight is 480 g/mol. The smallest absolute Gasteiger partial charge is 0.254 e. The number of benzene rings is 2. The van der Waals surface area contributed by atoms with Gasteiger partial charge in [0.25, 0.3) is 5.91 Å². The number of carbonyl (C=O) groups excluding carboxylic acids is 3. The van der Waals surface area contributed by atoms with Crippen molar-refractivity contribution in [2.24, 2.45) is 0 Å². The molecule has 1 aliphatic rings. The van der Waals surface area contributed by atoms with E-state index in [1.165, 1.54) is 6.42 Å². The van der Waals surface area contributed by atoms with Gasteiger partial charge in [-0.2, -0.15) is 0 Å². The van der Waals surface area contributed by atoms with E-state index < -0.39 is 11.9 Å². The lowest BCUT2D eigenvalue weighted by Crippen LogP contribution is -2.47. The Morgan fingerprint density at radius 2 is 1.63 bits per heavy atom. The number of rotatable bonds is 11. The third-order valence-electron chi connectivity index (χ3n) is 6.61. The lowest BCUT2D eigenvalue weighted by atomic mass is 9.94. The van der Waals surface area contributed by atoms with Crippen LogP contribution in [0, 0.1) is 6.92 Å². The van der Waals surface area contributed by atoms with E-state index in [1.54, 1.807) is 22.5 Å². The first-order valence-electron chi connectivity index (χ1n) is 12.7. The highest BCUT2D eigenvalue weighted by Gasteiger charge is 2.33. The van der Waals surface area contributed by atoms with Gasteiger partial charge in [-0.1, -0.05) is 73.7 Å². The van der Waals surface area contributed by atoms with Crippen molar-refractivity contribution in [2.45, 2.75) is 76.8 Å². The van der Waals surface area contributed by atoms with Gasteiger partial charge < -0.3 is 10.2 Å². The summed E-state index contributed by atoms with van der Waals surface area (Å²) in [5.74, 6) is -0.764. The highest BCUT2D eigenvalue weighted by Crippen LogP contribution is 2.26. The molecule has 188 valence electrons. The molecule has 1 saturated carbocycles. The van der Waals surface area contributed by atoms with Crippen LogP contribution in [0.3, 0.4) is 0 Å². The molecule has 0 spiro atoms. The molecule has 7 heteroatoms. The molecule has 3 N–H and O–H groups in total. The Balaban J connectivity index is 1.85. The topological polar surface area (TPSA) is 98.7 Å². The summed E-state index contributed by atoms with van der Waals surface area (Å²) >= 11 is 0. The van der Waals surface area contributed by atoms with Gasteiger partial charge in [0, 0.05) is 24.6 Å². The van der Waals surface area contributed by atoms with Crippen LogP contribution in [0.25, 0.3) is 0 Å². The summed E-state index contributed by atoms with van der Waals surface area (Å²) in [6.45, 7) is 2.38. The number of aryl methyl sites for hydroxylation is 1. The Labute approximate surface area is 207 Å². The molecule has 0 bridgehead atoms. The summed E-state index contributed by atoms with van der Waals surface area (Å²) in [6, 6.07) is 16.2. The van der Waals surface area contributed by atoms with E-state index in [4.69, 9.17) is 5.21 Å². The quantitative estimate of drug-likeness (QED) is 0.247. The van der Waals surface area contributed by atoms with Crippen molar-refractivity contribution in [3.8, 4) is 0 Å². The molecule has 2 aromatic carbocycles. The molecule has 0 radical (unpaired) electrons. The molecule has 3 rings (SSSR count). The monoisotopic (exact) mass is 479 g/mol. The van der Waals surface area contributed by atoms with Gasteiger partial charge in [-0.15, -0.1) is 0 Å². The molecule has 0 heterocycles. The molecule has 0 aliphatic heterocycles. The second-order valence-electron chi connectivity index (χ2n) is 9.37. The molecule has 3 amide bonds. The van der Waals surface area contributed by atoms with E-state index in [-0.39, 0.29) is 24.3 Å². The van der Waals surface area contributed by atoms with Crippen molar-refractivity contribution in [3.05, 3.63) is 71.3 Å². The van der Waals surface area contributed by atoms with Crippen LogP contribution < -0.4 is 10.8 Å². The van der Waals surface area contributed by atoms with Gasteiger partial charge >= 0.3 is 0 Å². The number of hydroxylamine groups is 1.